The van der Waals surface area contributed by atoms with Gasteiger partial charge in [-0.3, -0.25) is 4.79 Å². The molecule has 14 heavy (non-hydrogen) atoms. The van der Waals surface area contributed by atoms with E-state index in [-0.39, 0.29) is 5.43 Å². The fourth-order valence-electron chi connectivity index (χ4n) is 1.37. The molecule has 2 aromatic rings. The van der Waals surface area contributed by atoms with Crippen molar-refractivity contribution in [3.05, 3.63) is 43.6 Å². The Morgan fingerprint density at radius 1 is 1.43 bits per heavy atom. The second-order valence-corrected chi connectivity index (χ2v) is 4.26. The fraction of sp³-hybridized carbons (Fsp3) is 0.100. The summed E-state index contributed by atoms with van der Waals surface area (Å²) in [7, 11) is 0. The van der Waals surface area contributed by atoms with Crippen molar-refractivity contribution >= 4 is 38.4 Å². The van der Waals surface area contributed by atoms with Crippen LogP contribution in [0.5, 0.6) is 0 Å². The van der Waals surface area contributed by atoms with Crippen molar-refractivity contribution in [1.29, 1.82) is 0 Å². The van der Waals surface area contributed by atoms with E-state index in [1.165, 1.54) is 0 Å². The Bertz CT molecular complexity index is 562. The van der Waals surface area contributed by atoms with Gasteiger partial charge in [0.05, 0.1) is 15.0 Å². The van der Waals surface area contributed by atoms with Gasteiger partial charge in [0, 0.05) is 11.1 Å². The van der Waals surface area contributed by atoms with Gasteiger partial charge in [0.15, 0.2) is 0 Å². The summed E-state index contributed by atoms with van der Waals surface area (Å²) in [4.78, 5) is 14.9. The molecule has 0 aliphatic rings. The second kappa shape index (κ2) is 3.41. The van der Waals surface area contributed by atoms with Gasteiger partial charge >= 0.3 is 0 Å². The SMILES string of the molecule is Cc1[nH]c2c(Cl)cccc2c(=O)c1Br. The van der Waals surface area contributed by atoms with Crippen molar-refractivity contribution in [2.45, 2.75) is 6.92 Å². The first-order chi connectivity index (χ1) is 6.61. The molecule has 2 nitrogen and oxygen atoms in total. The normalized spacial score (nSPS) is 10.8. The highest BCUT2D eigenvalue weighted by Gasteiger charge is 2.07. The topological polar surface area (TPSA) is 32.9 Å². The average molecular weight is 273 g/mol. The Labute approximate surface area is 94.0 Å². The molecule has 1 aromatic heterocycles. The van der Waals surface area contributed by atoms with Crippen molar-refractivity contribution in [2.75, 3.05) is 0 Å². The van der Waals surface area contributed by atoms with Crippen LogP contribution in [0.4, 0.5) is 0 Å². The van der Waals surface area contributed by atoms with Gasteiger partial charge in [-0.05, 0) is 35.0 Å². The maximum absolute atomic E-state index is 11.8. The van der Waals surface area contributed by atoms with E-state index >= 15 is 0 Å². The first-order valence-corrected chi connectivity index (χ1v) is 5.25. The molecule has 1 aromatic carbocycles. The molecule has 2 rings (SSSR count). The van der Waals surface area contributed by atoms with Crippen LogP contribution in [0.3, 0.4) is 0 Å². The minimum atomic E-state index is -0.0289. The van der Waals surface area contributed by atoms with Gasteiger partial charge in [-0.25, -0.2) is 0 Å². The number of fused-ring (bicyclic) bond motifs is 1. The van der Waals surface area contributed by atoms with Crippen LogP contribution in [0.15, 0.2) is 27.5 Å². The Hall–Kier alpha value is -0.800. The summed E-state index contributed by atoms with van der Waals surface area (Å²) in [5.74, 6) is 0. The number of pyridine rings is 1. The van der Waals surface area contributed by atoms with Crippen LogP contribution in [0, 0.1) is 6.92 Å². The number of hydrogen-bond acceptors (Lipinski definition) is 1. The minimum absolute atomic E-state index is 0.0289. The number of rotatable bonds is 0. The molecule has 0 bridgehead atoms. The fourth-order valence-corrected chi connectivity index (χ4v) is 1.91. The zero-order valence-electron chi connectivity index (χ0n) is 7.40. The Morgan fingerprint density at radius 3 is 2.86 bits per heavy atom. The van der Waals surface area contributed by atoms with E-state index in [0.717, 1.165) is 5.69 Å². The first kappa shape index (κ1) is 9.74. The van der Waals surface area contributed by atoms with Crippen LogP contribution in [-0.2, 0) is 0 Å². The van der Waals surface area contributed by atoms with Crippen molar-refractivity contribution in [1.82, 2.24) is 4.98 Å². The number of H-pyrrole nitrogens is 1. The second-order valence-electron chi connectivity index (χ2n) is 3.06. The molecule has 0 unspecified atom stereocenters. The van der Waals surface area contributed by atoms with Crippen LogP contribution in [0.1, 0.15) is 5.69 Å². The van der Waals surface area contributed by atoms with E-state index in [1.54, 1.807) is 18.2 Å². The molecular formula is C10H7BrClNO. The molecule has 1 N–H and O–H groups in total. The minimum Gasteiger partial charge on any atom is -0.356 e. The van der Waals surface area contributed by atoms with E-state index in [2.05, 4.69) is 20.9 Å². The van der Waals surface area contributed by atoms with Gasteiger partial charge in [0.2, 0.25) is 5.43 Å². The summed E-state index contributed by atoms with van der Waals surface area (Å²) in [6, 6.07) is 5.28. The van der Waals surface area contributed by atoms with E-state index in [0.29, 0.717) is 20.4 Å². The molecule has 72 valence electrons. The quantitative estimate of drug-likeness (QED) is 0.784. The van der Waals surface area contributed by atoms with E-state index in [9.17, 15) is 4.79 Å². The highest BCUT2D eigenvalue weighted by Crippen LogP contribution is 2.21. The van der Waals surface area contributed by atoms with E-state index in [1.807, 2.05) is 6.92 Å². The van der Waals surface area contributed by atoms with Gasteiger partial charge in [0.1, 0.15) is 0 Å². The maximum atomic E-state index is 11.8. The average Bonchev–Trinajstić information content (AvgIpc) is 2.17. The summed E-state index contributed by atoms with van der Waals surface area (Å²) in [6.45, 7) is 1.83. The maximum Gasteiger partial charge on any atom is 0.203 e. The van der Waals surface area contributed by atoms with Crippen LogP contribution in [0.25, 0.3) is 10.9 Å². The highest BCUT2D eigenvalue weighted by atomic mass is 79.9. The third-order valence-corrected chi connectivity index (χ3v) is 3.37. The van der Waals surface area contributed by atoms with Gasteiger partial charge < -0.3 is 4.98 Å². The number of benzene rings is 1. The van der Waals surface area contributed by atoms with Crippen LogP contribution < -0.4 is 5.43 Å². The lowest BCUT2D eigenvalue weighted by atomic mass is 10.2. The number of hydrogen-bond donors (Lipinski definition) is 1. The molecule has 0 spiro atoms. The van der Waals surface area contributed by atoms with Gasteiger partial charge in [-0.1, -0.05) is 17.7 Å². The van der Waals surface area contributed by atoms with Gasteiger partial charge in [-0.15, -0.1) is 0 Å². The first-order valence-electron chi connectivity index (χ1n) is 4.08. The summed E-state index contributed by atoms with van der Waals surface area (Å²) < 4.78 is 0.562. The van der Waals surface area contributed by atoms with Crippen molar-refractivity contribution in [3.8, 4) is 0 Å². The lowest BCUT2D eigenvalue weighted by Crippen LogP contribution is -2.06. The lowest BCUT2D eigenvalue weighted by Gasteiger charge is -2.03. The monoisotopic (exact) mass is 271 g/mol. The zero-order chi connectivity index (χ0) is 10.3. The third kappa shape index (κ3) is 1.37. The predicted molar refractivity (Wildman–Crippen MR) is 62.0 cm³/mol. The Kier molecular flexibility index (Phi) is 2.37. The van der Waals surface area contributed by atoms with Gasteiger partial charge in [-0.2, -0.15) is 0 Å². The molecule has 4 heteroatoms. The molecule has 0 atom stereocenters. The number of aromatic amines is 1. The van der Waals surface area contributed by atoms with Crippen LogP contribution >= 0.6 is 27.5 Å². The molecule has 0 aliphatic carbocycles. The summed E-state index contributed by atoms with van der Waals surface area (Å²) in [5, 5.41) is 1.17. The molecule has 0 saturated heterocycles. The standard InChI is InChI=1S/C10H7BrClNO/c1-5-8(11)10(14)6-3-2-4-7(12)9(6)13-5/h2-4H,1H3,(H,13,14). The number of nitrogens with one attached hydrogen (secondary N) is 1. The van der Waals surface area contributed by atoms with Crippen molar-refractivity contribution in [3.63, 3.8) is 0 Å². The van der Waals surface area contributed by atoms with E-state index < -0.39 is 0 Å². The number of halogens is 2. The Balaban J connectivity index is 3.06. The zero-order valence-corrected chi connectivity index (χ0v) is 9.74. The molecule has 1 heterocycles. The Morgan fingerprint density at radius 2 is 2.14 bits per heavy atom. The van der Waals surface area contributed by atoms with Crippen LogP contribution in [0.2, 0.25) is 5.02 Å². The molecule has 0 saturated carbocycles. The molecule has 0 aliphatic heterocycles. The van der Waals surface area contributed by atoms with E-state index in [4.69, 9.17) is 11.6 Å². The molecule has 0 radical (unpaired) electrons. The predicted octanol–water partition coefficient (Wildman–Crippen LogP) is 3.25. The van der Waals surface area contributed by atoms with Crippen molar-refractivity contribution < 1.29 is 0 Å². The molecule has 0 fully saturated rings. The number of aryl methyl sites for hydroxylation is 1. The molecule has 0 amide bonds. The summed E-state index contributed by atoms with van der Waals surface area (Å²) in [5.41, 5.74) is 1.45. The molecular weight excluding hydrogens is 265 g/mol. The van der Waals surface area contributed by atoms with Crippen molar-refractivity contribution in [2.24, 2.45) is 0 Å². The largest absolute Gasteiger partial charge is 0.356 e. The van der Waals surface area contributed by atoms with Gasteiger partial charge in [0.25, 0.3) is 0 Å². The third-order valence-electron chi connectivity index (χ3n) is 2.10. The van der Waals surface area contributed by atoms with Crippen LogP contribution in [-0.4, -0.2) is 4.98 Å². The summed E-state index contributed by atoms with van der Waals surface area (Å²) >= 11 is 9.21. The number of aromatic nitrogens is 1. The smallest absolute Gasteiger partial charge is 0.203 e. The number of para-hydroxylation sites is 1. The lowest BCUT2D eigenvalue weighted by molar-refractivity contribution is 1.22. The highest BCUT2D eigenvalue weighted by molar-refractivity contribution is 9.10. The summed E-state index contributed by atoms with van der Waals surface area (Å²) in [6.07, 6.45) is 0.